The van der Waals surface area contributed by atoms with Crippen molar-refractivity contribution in [3.05, 3.63) is 0 Å². The molecule has 0 bridgehead atoms. The fourth-order valence-electron chi connectivity index (χ4n) is 4.07. The van der Waals surface area contributed by atoms with Gasteiger partial charge < -0.3 is 44.5 Å². The fraction of sp³-hybridized carbons (Fsp3) is 0.952. The number of hydrogen-bond acceptors (Lipinski definition) is 11. The Kier molecular flexibility index (Phi) is 12.2. The van der Waals surface area contributed by atoms with Crippen LogP contribution in [0.5, 0.6) is 0 Å². The van der Waals surface area contributed by atoms with Gasteiger partial charge >= 0.3 is 0 Å². The van der Waals surface area contributed by atoms with Crippen molar-refractivity contribution < 1.29 is 44.5 Å². The van der Waals surface area contributed by atoms with Crippen LogP contribution in [0.3, 0.4) is 0 Å². The van der Waals surface area contributed by atoms with E-state index in [0.717, 1.165) is 23.5 Å². The van der Waals surface area contributed by atoms with Crippen molar-refractivity contribution in [1.82, 2.24) is 0 Å². The highest BCUT2D eigenvalue weighted by molar-refractivity contribution is 7.99. The Labute approximate surface area is 199 Å². The van der Waals surface area contributed by atoms with Gasteiger partial charge in [-0.1, -0.05) is 19.1 Å². The van der Waals surface area contributed by atoms with Crippen LogP contribution in [-0.4, -0.2) is 110 Å². The molecule has 188 valence electrons. The number of ether oxygens (including phenoxy) is 4. The van der Waals surface area contributed by atoms with Gasteiger partial charge in [0.1, 0.15) is 24.4 Å². The SMILES string of the molecule is CCO[C@@H]1OC(CSCCCC(C)=S)C(O[C@@H]2OC(CO)C(CC)C(O)C2O)C(O)C1O. The minimum absolute atomic E-state index is 0.293. The van der Waals surface area contributed by atoms with Gasteiger partial charge in [0, 0.05) is 18.3 Å². The summed E-state index contributed by atoms with van der Waals surface area (Å²) < 4.78 is 22.9. The van der Waals surface area contributed by atoms with Crippen LogP contribution in [0.4, 0.5) is 0 Å². The lowest BCUT2D eigenvalue weighted by Gasteiger charge is -2.47. The average Bonchev–Trinajstić information content (AvgIpc) is 2.76. The first-order valence-corrected chi connectivity index (χ1v) is 12.8. The van der Waals surface area contributed by atoms with Crippen molar-refractivity contribution in [2.45, 2.75) is 95.3 Å². The molecule has 2 aliphatic rings. The second kappa shape index (κ2) is 13.8. The second-order valence-corrected chi connectivity index (χ2v) is 10.1. The molecular weight excluding hydrogens is 460 g/mol. The van der Waals surface area contributed by atoms with Gasteiger partial charge in [-0.15, -0.1) is 0 Å². The molecule has 0 saturated carbocycles. The lowest BCUT2D eigenvalue weighted by Crippen LogP contribution is -2.63. The first kappa shape index (κ1) is 28.3. The van der Waals surface area contributed by atoms with Crippen LogP contribution < -0.4 is 0 Å². The summed E-state index contributed by atoms with van der Waals surface area (Å²) in [6.45, 7) is 5.44. The van der Waals surface area contributed by atoms with E-state index in [1.807, 2.05) is 13.8 Å². The van der Waals surface area contributed by atoms with Gasteiger partial charge in [0.25, 0.3) is 0 Å². The van der Waals surface area contributed by atoms with E-state index in [4.69, 9.17) is 31.2 Å². The maximum Gasteiger partial charge on any atom is 0.187 e. The van der Waals surface area contributed by atoms with Crippen molar-refractivity contribution in [2.75, 3.05) is 24.7 Å². The highest BCUT2D eigenvalue weighted by Crippen LogP contribution is 2.33. The molecule has 5 N–H and O–H groups in total. The summed E-state index contributed by atoms with van der Waals surface area (Å²) in [4.78, 5) is 0.946. The Morgan fingerprint density at radius 1 is 0.969 bits per heavy atom. The Bertz CT molecular complexity index is 567. The van der Waals surface area contributed by atoms with Gasteiger partial charge in [-0.05, 0) is 43.7 Å². The van der Waals surface area contributed by atoms with E-state index in [-0.39, 0.29) is 6.61 Å². The van der Waals surface area contributed by atoms with Crippen LogP contribution in [0.1, 0.15) is 40.0 Å². The maximum atomic E-state index is 10.8. The van der Waals surface area contributed by atoms with E-state index < -0.39 is 61.2 Å². The van der Waals surface area contributed by atoms with Gasteiger partial charge in [-0.2, -0.15) is 11.8 Å². The number of rotatable bonds is 12. The van der Waals surface area contributed by atoms with Crippen molar-refractivity contribution in [2.24, 2.45) is 5.92 Å². The molecule has 0 aliphatic carbocycles. The first-order valence-electron chi connectivity index (χ1n) is 11.2. The Morgan fingerprint density at radius 2 is 1.62 bits per heavy atom. The third-order valence-electron chi connectivity index (χ3n) is 5.87. The summed E-state index contributed by atoms with van der Waals surface area (Å²) in [5, 5.41) is 51.9. The number of thioether (sulfide) groups is 1. The molecule has 10 atom stereocenters. The summed E-state index contributed by atoms with van der Waals surface area (Å²) in [7, 11) is 0. The number of aliphatic hydroxyl groups excluding tert-OH is 5. The molecule has 2 rings (SSSR count). The van der Waals surface area contributed by atoms with E-state index >= 15 is 0 Å². The highest BCUT2D eigenvalue weighted by atomic mass is 32.2. The number of hydrogen-bond donors (Lipinski definition) is 5. The summed E-state index contributed by atoms with van der Waals surface area (Å²) in [5.74, 6) is 0.817. The minimum Gasteiger partial charge on any atom is -0.394 e. The number of aliphatic hydroxyl groups is 5. The predicted molar refractivity (Wildman–Crippen MR) is 124 cm³/mol. The quantitative estimate of drug-likeness (QED) is 0.187. The molecule has 0 aromatic rings. The van der Waals surface area contributed by atoms with Crippen LogP contribution in [-0.2, 0) is 18.9 Å². The van der Waals surface area contributed by atoms with E-state index in [0.29, 0.717) is 18.8 Å². The zero-order valence-corrected chi connectivity index (χ0v) is 20.5. The molecular formula is C21H38O9S2. The summed E-state index contributed by atoms with van der Waals surface area (Å²) >= 11 is 6.70. The third kappa shape index (κ3) is 7.29. The molecule has 0 aromatic carbocycles. The van der Waals surface area contributed by atoms with Crippen molar-refractivity contribution >= 4 is 28.8 Å². The lowest BCUT2D eigenvalue weighted by atomic mass is 9.87. The topological polar surface area (TPSA) is 138 Å². The monoisotopic (exact) mass is 498 g/mol. The van der Waals surface area contributed by atoms with E-state index in [1.54, 1.807) is 18.7 Å². The smallest absolute Gasteiger partial charge is 0.187 e. The van der Waals surface area contributed by atoms with Crippen LogP contribution in [0.2, 0.25) is 0 Å². The van der Waals surface area contributed by atoms with Crippen molar-refractivity contribution in [3.63, 3.8) is 0 Å². The Morgan fingerprint density at radius 3 is 2.22 bits per heavy atom. The van der Waals surface area contributed by atoms with Gasteiger partial charge in [-0.3, -0.25) is 0 Å². The zero-order valence-electron chi connectivity index (χ0n) is 18.9. The molecule has 0 radical (unpaired) electrons. The molecule has 2 heterocycles. The molecule has 0 spiro atoms. The minimum atomic E-state index is -1.38. The van der Waals surface area contributed by atoms with E-state index in [2.05, 4.69) is 0 Å². The molecule has 2 fully saturated rings. The normalized spacial score (nSPS) is 40.4. The van der Waals surface area contributed by atoms with Gasteiger partial charge in [-0.25, -0.2) is 0 Å². The van der Waals surface area contributed by atoms with Gasteiger partial charge in [0.2, 0.25) is 0 Å². The molecule has 32 heavy (non-hydrogen) atoms. The average molecular weight is 499 g/mol. The van der Waals surface area contributed by atoms with Crippen LogP contribution in [0.15, 0.2) is 0 Å². The van der Waals surface area contributed by atoms with Crippen LogP contribution in [0.25, 0.3) is 0 Å². The van der Waals surface area contributed by atoms with E-state index in [1.165, 1.54) is 0 Å². The van der Waals surface area contributed by atoms with Gasteiger partial charge in [0.05, 0.1) is 24.9 Å². The van der Waals surface area contributed by atoms with Crippen LogP contribution in [0, 0.1) is 5.92 Å². The Hall–Kier alpha value is 0.0800. The van der Waals surface area contributed by atoms with E-state index in [9.17, 15) is 25.5 Å². The second-order valence-electron chi connectivity index (χ2n) is 8.24. The predicted octanol–water partition coefficient (Wildman–Crippen LogP) is 0.223. The highest BCUT2D eigenvalue weighted by Gasteiger charge is 2.50. The lowest BCUT2D eigenvalue weighted by molar-refractivity contribution is -0.351. The zero-order chi connectivity index (χ0) is 23.8. The summed E-state index contributed by atoms with van der Waals surface area (Å²) in [6.07, 6.45) is -7.74. The summed E-state index contributed by atoms with van der Waals surface area (Å²) in [5.41, 5.74) is 0. The van der Waals surface area contributed by atoms with Crippen molar-refractivity contribution in [3.8, 4) is 0 Å². The standard InChI is InChI=1S/C21H38O9S2/c1-4-12-13(9-22)28-21(17(25)15(12)23)30-19-14(10-32-8-6-7-11(3)31)29-20(27-5-2)18(26)16(19)24/h12-26H,4-10H2,1-3H3/t12?,13?,14?,15?,16?,17?,18?,19?,20-,21+/m1/s1. The molecule has 8 unspecified atom stereocenters. The molecule has 2 aliphatic heterocycles. The molecule has 11 heteroatoms. The fourth-order valence-corrected chi connectivity index (χ4v) is 5.23. The third-order valence-corrected chi connectivity index (χ3v) is 7.21. The molecule has 2 saturated heterocycles. The Balaban J connectivity index is 2.10. The van der Waals surface area contributed by atoms with Gasteiger partial charge in [0.15, 0.2) is 12.6 Å². The number of thiocarbonyl (C=S) groups is 1. The molecule has 0 amide bonds. The molecule has 9 nitrogen and oxygen atoms in total. The first-order chi connectivity index (χ1) is 15.2. The summed E-state index contributed by atoms with van der Waals surface area (Å²) in [6, 6.07) is 0. The van der Waals surface area contributed by atoms with Crippen molar-refractivity contribution in [1.29, 1.82) is 0 Å². The molecule has 0 aromatic heterocycles. The maximum absolute atomic E-state index is 10.8. The largest absolute Gasteiger partial charge is 0.394 e. The van der Waals surface area contributed by atoms with Crippen LogP contribution >= 0.6 is 24.0 Å².